The first kappa shape index (κ1) is 15.4. The summed E-state index contributed by atoms with van der Waals surface area (Å²) in [5.74, 6) is 0. The summed E-state index contributed by atoms with van der Waals surface area (Å²) in [6, 6.07) is 0. The molecule has 0 bridgehead atoms. The second-order valence-electron chi connectivity index (χ2n) is 6.73. The van der Waals surface area contributed by atoms with Crippen molar-refractivity contribution in [2.45, 2.75) is 45.6 Å². The summed E-state index contributed by atoms with van der Waals surface area (Å²) in [7, 11) is 2.27. The normalized spacial score (nSPS) is 24.4. The maximum atomic E-state index is 8.12. The van der Waals surface area contributed by atoms with Crippen LogP contribution in [0.4, 0.5) is 0 Å². The molecule has 0 aromatic carbocycles. The Hall–Kier alpha value is -0.700. The van der Waals surface area contributed by atoms with Crippen LogP contribution in [0.1, 0.15) is 40.0 Å². The molecule has 0 aromatic rings. The summed E-state index contributed by atoms with van der Waals surface area (Å²) in [6.07, 6.45) is 4.50. The van der Waals surface area contributed by atoms with Crippen molar-refractivity contribution in [3.8, 4) is 0 Å². The van der Waals surface area contributed by atoms with Crippen molar-refractivity contribution in [1.29, 1.82) is 0 Å². The Balaban J connectivity index is 0.000000492. The van der Waals surface area contributed by atoms with Crippen LogP contribution in [-0.4, -0.2) is 54.7 Å². The first-order valence-corrected chi connectivity index (χ1v) is 6.76. The van der Waals surface area contributed by atoms with E-state index < -0.39 is 0 Å². The summed E-state index contributed by atoms with van der Waals surface area (Å²) < 4.78 is 0. The van der Waals surface area contributed by atoms with Gasteiger partial charge in [-0.3, -0.25) is 4.90 Å². The van der Waals surface area contributed by atoms with Gasteiger partial charge in [0.05, 0.1) is 0 Å². The van der Waals surface area contributed by atoms with E-state index in [-0.39, 0.29) is 6.15 Å². The minimum absolute atomic E-state index is 0.250. The molecule has 1 spiro atoms. The van der Waals surface area contributed by atoms with Gasteiger partial charge >= 0.3 is 6.15 Å². The van der Waals surface area contributed by atoms with Gasteiger partial charge in [0.1, 0.15) is 0 Å². The molecule has 2 aliphatic rings. The van der Waals surface area contributed by atoms with E-state index in [0.29, 0.717) is 11.0 Å². The molecule has 104 valence electrons. The second kappa shape index (κ2) is 5.96. The van der Waals surface area contributed by atoms with Crippen LogP contribution in [-0.2, 0) is 9.59 Å². The van der Waals surface area contributed by atoms with E-state index in [9.17, 15) is 0 Å². The van der Waals surface area contributed by atoms with Gasteiger partial charge in [-0.15, -0.1) is 0 Å². The highest BCUT2D eigenvalue weighted by Crippen LogP contribution is 2.40. The van der Waals surface area contributed by atoms with E-state index in [1.807, 2.05) is 0 Å². The van der Waals surface area contributed by atoms with E-state index in [1.165, 1.54) is 45.4 Å². The quantitative estimate of drug-likeness (QED) is 0.658. The van der Waals surface area contributed by atoms with Crippen LogP contribution in [0.2, 0.25) is 0 Å². The maximum absolute atomic E-state index is 8.12. The van der Waals surface area contributed by atoms with Gasteiger partial charge in [-0.2, -0.15) is 9.59 Å². The maximum Gasteiger partial charge on any atom is 0.373 e. The molecule has 2 saturated heterocycles. The van der Waals surface area contributed by atoms with Crippen LogP contribution in [0.3, 0.4) is 0 Å². The third kappa shape index (κ3) is 3.91. The zero-order chi connectivity index (χ0) is 13.8. The lowest BCUT2D eigenvalue weighted by molar-refractivity contribution is -0.191. The molecule has 0 unspecified atom stereocenters. The van der Waals surface area contributed by atoms with Crippen molar-refractivity contribution in [2.75, 3.05) is 33.2 Å². The minimum atomic E-state index is 0.250. The Bertz CT molecular complexity index is 295. The fraction of sp³-hybridized carbons (Fsp3) is 0.929. The zero-order valence-corrected chi connectivity index (χ0v) is 12.2. The lowest BCUT2D eigenvalue weighted by Crippen LogP contribution is -2.49. The van der Waals surface area contributed by atoms with Crippen molar-refractivity contribution in [1.82, 2.24) is 9.80 Å². The Labute approximate surface area is 110 Å². The summed E-state index contributed by atoms with van der Waals surface area (Å²) in [5.41, 5.74) is 1.04. The van der Waals surface area contributed by atoms with E-state index in [4.69, 9.17) is 9.59 Å². The lowest BCUT2D eigenvalue weighted by Gasteiger charge is -2.45. The lowest BCUT2D eigenvalue weighted by atomic mass is 9.77. The highest BCUT2D eigenvalue weighted by molar-refractivity contribution is 5.20. The monoisotopic (exact) mass is 254 g/mol. The van der Waals surface area contributed by atoms with Gasteiger partial charge < -0.3 is 4.90 Å². The predicted molar refractivity (Wildman–Crippen MR) is 70.1 cm³/mol. The van der Waals surface area contributed by atoms with Gasteiger partial charge in [0.2, 0.25) is 0 Å². The number of hydrogen-bond donors (Lipinski definition) is 0. The highest BCUT2D eigenvalue weighted by Gasteiger charge is 2.40. The summed E-state index contributed by atoms with van der Waals surface area (Å²) in [4.78, 5) is 21.4. The number of nitrogens with zero attached hydrogens (tertiary/aromatic N) is 2. The van der Waals surface area contributed by atoms with Crippen molar-refractivity contribution < 1.29 is 9.59 Å². The first-order valence-electron chi connectivity index (χ1n) is 6.76. The van der Waals surface area contributed by atoms with Crippen LogP contribution in [0.15, 0.2) is 0 Å². The van der Waals surface area contributed by atoms with E-state index in [0.717, 1.165) is 0 Å². The topological polar surface area (TPSA) is 40.6 Å². The molecule has 0 saturated carbocycles. The number of rotatable bonds is 0. The van der Waals surface area contributed by atoms with Crippen molar-refractivity contribution in [2.24, 2.45) is 5.41 Å². The Morgan fingerprint density at radius 2 is 1.44 bits per heavy atom. The highest BCUT2D eigenvalue weighted by atomic mass is 16.2. The Kier molecular flexibility index (Phi) is 5.09. The standard InChI is InChI=1S/C13H26N2.CO2/c1-12(2,3)15-9-6-13(7-10-15)5-8-14(4)11-13;2-1-3/h5-11H2,1-4H3;. The van der Waals surface area contributed by atoms with Crippen LogP contribution in [0.5, 0.6) is 0 Å². The molecular formula is C14H26N2O2. The molecule has 0 aliphatic carbocycles. The molecule has 0 atom stereocenters. The predicted octanol–water partition coefficient (Wildman–Crippen LogP) is 1.62. The number of likely N-dealkylation sites (tertiary alicyclic amines) is 2. The van der Waals surface area contributed by atoms with Crippen LogP contribution in [0, 0.1) is 5.41 Å². The number of carbonyl (C=O) groups excluding carboxylic acids is 2. The molecule has 4 nitrogen and oxygen atoms in total. The van der Waals surface area contributed by atoms with Crippen molar-refractivity contribution in [3.63, 3.8) is 0 Å². The summed E-state index contributed by atoms with van der Waals surface area (Å²) >= 11 is 0. The molecular weight excluding hydrogens is 228 g/mol. The molecule has 2 heterocycles. The molecule has 4 heteroatoms. The largest absolute Gasteiger partial charge is 0.373 e. The fourth-order valence-electron chi connectivity index (χ4n) is 3.22. The molecule has 0 aromatic heterocycles. The zero-order valence-electron chi connectivity index (χ0n) is 12.2. The SMILES string of the molecule is CN1CCC2(CCN(C(C)(C)C)CC2)C1.O=C=O. The molecule has 18 heavy (non-hydrogen) atoms. The van der Waals surface area contributed by atoms with Crippen LogP contribution >= 0.6 is 0 Å². The van der Waals surface area contributed by atoms with Gasteiger partial charge in [0, 0.05) is 12.1 Å². The number of piperidine rings is 1. The molecule has 0 N–H and O–H groups in total. The first-order chi connectivity index (χ1) is 8.33. The average Bonchev–Trinajstić information content (AvgIpc) is 2.60. The molecule has 0 radical (unpaired) electrons. The van der Waals surface area contributed by atoms with Crippen molar-refractivity contribution in [3.05, 3.63) is 0 Å². The van der Waals surface area contributed by atoms with E-state index in [2.05, 4.69) is 37.6 Å². The van der Waals surface area contributed by atoms with Crippen LogP contribution in [0.25, 0.3) is 0 Å². The molecule has 0 amide bonds. The van der Waals surface area contributed by atoms with Gasteiger partial charge in [-0.25, -0.2) is 0 Å². The Morgan fingerprint density at radius 1 is 1.00 bits per heavy atom. The summed E-state index contributed by atoms with van der Waals surface area (Å²) in [6.45, 7) is 12.3. The number of hydrogen-bond acceptors (Lipinski definition) is 4. The van der Waals surface area contributed by atoms with E-state index in [1.54, 1.807) is 0 Å². The third-order valence-electron chi connectivity index (χ3n) is 4.40. The summed E-state index contributed by atoms with van der Waals surface area (Å²) in [5, 5.41) is 0. The Morgan fingerprint density at radius 3 is 1.78 bits per heavy atom. The van der Waals surface area contributed by atoms with Crippen LogP contribution < -0.4 is 0 Å². The third-order valence-corrected chi connectivity index (χ3v) is 4.40. The smallest absolute Gasteiger partial charge is 0.306 e. The van der Waals surface area contributed by atoms with Gasteiger partial charge in [-0.05, 0) is 72.1 Å². The van der Waals surface area contributed by atoms with Crippen molar-refractivity contribution >= 4 is 6.15 Å². The molecule has 2 rings (SSSR count). The average molecular weight is 254 g/mol. The van der Waals surface area contributed by atoms with E-state index >= 15 is 0 Å². The van der Waals surface area contributed by atoms with Gasteiger partial charge in [-0.1, -0.05) is 0 Å². The molecule has 2 aliphatic heterocycles. The van der Waals surface area contributed by atoms with Gasteiger partial charge in [0.25, 0.3) is 0 Å². The second-order valence-corrected chi connectivity index (χ2v) is 6.73. The molecule has 2 fully saturated rings. The fourth-order valence-corrected chi connectivity index (χ4v) is 3.22. The minimum Gasteiger partial charge on any atom is -0.306 e. The van der Waals surface area contributed by atoms with Gasteiger partial charge in [0.15, 0.2) is 0 Å².